The van der Waals surface area contributed by atoms with Crippen molar-refractivity contribution in [3.63, 3.8) is 0 Å². The van der Waals surface area contributed by atoms with Gasteiger partial charge in [-0.3, -0.25) is 9.89 Å². The van der Waals surface area contributed by atoms with E-state index < -0.39 is 0 Å². The Hall–Kier alpha value is -2.85. The van der Waals surface area contributed by atoms with Gasteiger partial charge in [0.1, 0.15) is 0 Å². The van der Waals surface area contributed by atoms with Crippen LogP contribution in [0.4, 0.5) is 0 Å². The molecule has 0 unspecified atom stereocenters. The van der Waals surface area contributed by atoms with Crippen LogP contribution in [0.5, 0.6) is 0 Å². The maximum Gasteiger partial charge on any atom is 0.250 e. The molecule has 5 heteroatoms. The highest BCUT2D eigenvalue weighted by atomic mass is 35.5. The normalized spacial score (nSPS) is 11.0. The molecule has 0 atom stereocenters. The lowest BCUT2D eigenvalue weighted by molar-refractivity contribution is 0.761. The summed E-state index contributed by atoms with van der Waals surface area (Å²) in [5, 5.41) is 8.72. The van der Waals surface area contributed by atoms with Crippen molar-refractivity contribution in [1.29, 1.82) is 0 Å². The first-order valence-electron chi connectivity index (χ1n) is 7.58. The monoisotopic (exact) mass is 335 g/mol. The van der Waals surface area contributed by atoms with Gasteiger partial charge in [-0.05, 0) is 34.9 Å². The molecule has 2 aromatic carbocycles. The average Bonchev–Trinajstić information content (AvgIpc) is 3.06. The molecule has 4 rings (SSSR count). The van der Waals surface area contributed by atoms with Gasteiger partial charge >= 0.3 is 0 Å². The zero-order valence-electron chi connectivity index (χ0n) is 12.7. The molecule has 0 aliphatic carbocycles. The third-order valence-electron chi connectivity index (χ3n) is 4.06. The van der Waals surface area contributed by atoms with Gasteiger partial charge in [-0.25, -0.2) is 0 Å². The molecule has 0 saturated heterocycles. The van der Waals surface area contributed by atoms with Crippen LogP contribution in [-0.4, -0.2) is 14.8 Å². The number of nitrogens with one attached hydrogen (secondary N) is 1. The quantitative estimate of drug-likeness (QED) is 0.613. The minimum Gasteiger partial charge on any atom is -0.310 e. The van der Waals surface area contributed by atoms with Crippen LogP contribution >= 0.6 is 11.6 Å². The zero-order valence-corrected chi connectivity index (χ0v) is 13.5. The van der Waals surface area contributed by atoms with Crippen molar-refractivity contribution in [2.24, 2.45) is 0 Å². The van der Waals surface area contributed by atoms with E-state index in [1.807, 2.05) is 54.7 Å². The number of hydrogen-bond donors (Lipinski definition) is 1. The summed E-state index contributed by atoms with van der Waals surface area (Å²) in [6.07, 6.45) is 3.65. The van der Waals surface area contributed by atoms with Crippen molar-refractivity contribution in [3.05, 3.63) is 87.9 Å². The van der Waals surface area contributed by atoms with Gasteiger partial charge in [0.25, 0.3) is 5.56 Å². The van der Waals surface area contributed by atoms with E-state index in [-0.39, 0.29) is 5.56 Å². The van der Waals surface area contributed by atoms with Crippen LogP contribution in [-0.2, 0) is 6.54 Å². The van der Waals surface area contributed by atoms with Crippen LogP contribution in [0.2, 0.25) is 5.02 Å². The lowest BCUT2D eigenvalue weighted by Crippen LogP contribution is -2.19. The molecule has 118 valence electrons. The van der Waals surface area contributed by atoms with E-state index >= 15 is 0 Å². The molecule has 0 radical (unpaired) electrons. The van der Waals surface area contributed by atoms with Crippen LogP contribution in [0.3, 0.4) is 0 Å². The molecule has 4 nitrogen and oxygen atoms in total. The molecule has 0 aliphatic heterocycles. The first-order chi connectivity index (χ1) is 11.7. The number of nitrogens with zero attached hydrogens (tertiary/aromatic N) is 2. The molecule has 1 N–H and O–H groups in total. The topological polar surface area (TPSA) is 50.7 Å². The SMILES string of the molecule is O=c1ccc(-c2ccc3cn[nH]c3c2)cn1Cc1ccccc1Cl. The number of aromatic amines is 1. The number of pyridine rings is 1. The second-order valence-corrected chi connectivity index (χ2v) is 6.05. The number of fused-ring (bicyclic) bond motifs is 1. The molecule has 2 aromatic heterocycles. The van der Waals surface area contributed by atoms with Crippen LogP contribution in [0.15, 0.2) is 71.8 Å². The molecule has 0 aliphatic rings. The van der Waals surface area contributed by atoms with Gasteiger partial charge in [0.2, 0.25) is 0 Å². The zero-order chi connectivity index (χ0) is 16.5. The Morgan fingerprint density at radius 1 is 1.04 bits per heavy atom. The Kier molecular flexibility index (Phi) is 3.67. The maximum absolute atomic E-state index is 12.2. The van der Waals surface area contributed by atoms with E-state index in [2.05, 4.69) is 10.2 Å². The van der Waals surface area contributed by atoms with Gasteiger partial charge in [-0.1, -0.05) is 41.9 Å². The maximum atomic E-state index is 12.2. The van der Waals surface area contributed by atoms with Crippen molar-refractivity contribution < 1.29 is 0 Å². The average molecular weight is 336 g/mol. The fourth-order valence-corrected chi connectivity index (χ4v) is 2.95. The van der Waals surface area contributed by atoms with Crippen molar-refractivity contribution >= 4 is 22.5 Å². The molecule has 0 bridgehead atoms. The highest BCUT2D eigenvalue weighted by molar-refractivity contribution is 6.31. The first-order valence-corrected chi connectivity index (χ1v) is 7.96. The summed E-state index contributed by atoms with van der Waals surface area (Å²) in [5.41, 5.74) is 3.83. The van der Waals surface area contributed by atoms with E-state index in [4.69, 9.17) is 11.6 Å². The highest BCUT2D eigenvalue weighted by Crippen LogP contribution is 2.23. The molecule has 0 amide bonds. The second kappa shape index (κ2) is 5.98. The van der Waals surface area contributed by atoms with E-state index in [0.29, 0.717) is 11.6 Å². The summed E-state index contributed by atoms with van der Waals surface area (Å²) >= 11 is 6.21. The number of H-pyrrole nitrogens is 1. The molecule has 24 heavy (non-hydrogen) atoms. The number of halogens is 1. The summed E-state index contributed by atoms with van der Waals surface area (Å²) in [6, 6.07) is 17.0. The van der Waals surface area contributed by atoms with E-state index in [9.17, 15) is 4.79 Å². The Bertz CT molecular complexity index is 1080. The van der Waals surface area contributed by atoms with Gasteiger partial charge in [0, 0.05) is 22.7 Å². The third kappa shape index (κ3) is 2.72. The summed E-state index contributed by atoms with van der Waals surface area (Å²) in [7, 11) is 0. The Morgan fingerprint density at radius 3 is 2.75 bits per heavy atom. The van der Waals surface area contributed by atoms with E-state index in [1.54, 1.807) is 16.8 Å². The van der Waals surface area contributed by atoms with Crippen LogP contribution in [0.1, 0.15) is 5.56 Å². The predicted molar refractivity (Wildman–Crippen MR) is 96.3 cm³/mol. The molecular formula is C19H14ClN3O. The smallest absolute Gasteiger partial charge is 0.250 e. The molecule has 2 heterocycles. The Balaban J connectivity index is 1.75. The van der Waals surface area contributed by atoms with E-state index in [0.717, 1.165) is 27.6 Å². The molecule has 0 fully saturated rings. The lowest BCUT2D eigenvalue weighted by atomic mass is 10.1. The molecule has 0 saturated carbocycles. The van der Waals surface area contributed by atoms with Gasteiger partial charge in [-0.2, -0.15) is 5.10 Å². The van der Waals surface area contributed by atoms with Crippen molar-refractivity contribution in [2.75, 3.05) is 0 Å². The van der Waals surface area contributed by atoms with Crippen molar-refractivity contribution in [2.45, 2.75) is 6.54 Å². The molecule has 4 aromatic rings. The lowest BCUT2D eigenvalue weighted by Gasteiger charge is -2.10. The van der Waals surface area contributed by atoms with E-state index in [1.165, 1.54) is 0 Å². The van der Waals surface area contributed by atoms with Crippen LogP contribution < -0.4 is 5.56 Å². The number of hydrogen-bond acceptors (Lipinski definition) is 2. The van der Waals surface area contributed by atoms with Gasteiger partial charge < -0.3 is 4.57 Å². The summed E-state index contributed by atoms with van der Waals surface area (Å²) in [6.45, 7) is 0.443. The van der Waals surface area contributed by atoms with Gasteiger partial charge in [0.15, 0.2) is 0 Å². The number of aromatic nitrogens is 3. The van der Waals surface area contributed by atoms with Crippen molar-refractivity contribution in [3.8, 4) is 11.1 Å². The van der Waals surface area contributed by atoms with Crippen molar-refractivity contribution in [1.82, 2.24) is 14.8 Å². The highest BCUT2D eigenvalue weighted by Gasteiger charge is 2.06. The summed E-state index contributed by atoms with van der Waals surface area (Å²) < 4.78 is 1.67. The van der Waals surface area contributed by atoms with Crippen LogP contribution in [0, 0.1) is 0 Å². The standard InChI is InChI=1S/C19H14ClN3O/c20-17-4-2-1-3-16(17)12-23-11-15(7-8-19(23)24)13-5-6-14-10-21-22-18(14)9-13/h1-11H,12H2,(H,21,22). The number of rotatable bonds is 3. The first kappa shape index (κ1) is 14.7. The fourth-order valence-electron chi connectivity index (χ4n) is 2.75. The summed E-state index contributed by atoms with van der Waals surface area (Å²) in [5.74, 6) is 0. The fraction of sp³-hybridized carbons (Fsp3) is 0.0526. The van der Waals surface area contributed by atoms with Gasteiger partial charge in [0.05, 0.1) is 18.3 Å². The Labute approximate surface area is 143 Å². The predicted octanol–water partition coefficient (Wildman–Crippen LogP) is 4.09. The third-order valence-corrected chi connectivity index (χ3v) is 4.43. The second-order valence-electron chi connectivity index (χ2n) is 5.65. The largest absolute Gasteiger partial charge is 0.310 e. The number of benzene rings is 2. The Morgan fingerprint density at radius 2 is 1.88 bits per heavy atom. The minimum absolute atomic E-state index is 0.0544. The van der Waals surface area contributed by atoms with Crippen LogP contribution in [0.25, 0.3) is 22.0 Å². The van der Waals surface area contributed by atoms with Gasteiger partial charge in [-0.15, -0.1) is 0 Å². The minimum atomic E-state index is -0.0544. The molecule has 0 spiro atoms. The summed E-state index contributed by atoms with van der Waals surface area (Å²) in [4.78, 5) is 12.2. The molecular weight excluding hydrogens is 322 g/mol.